The molecule has 2 rings (SSSR count). The molecule has 0 spiro atoms. The fraction of sp³-hybridized carbons (Fsp3) is 0.909. The molecule has 3 N–H and O–H groups in total. The molecule has 5 nitrogen and oxygen atoms in total. The van der Waals surface area contributed by atoms with Crippen molar-refractivity contribution in [1.82, 2.24) is 21.1 Å². The summed E-state index contributed by atoms with van der Waals surface area (Å²) in [5.41, 5.74) is 3.16. The lowest BCUT2D eigenvalue weighted by atomic mass is 10.1. The molecule has 0 aromatic carbocycles. The number of rotatable bonds is 3. The van der Waals surface area contributed by atoms with Gasteiger partial charge in [-0.25, -0.2) is 5.01 Å². The summed E-state index contributed by atoms with van der Waals surface area (Å²) in [6.45, 7) is 1.58. The molecule has 0 aromatic heterocycles. The van der Waals surface area contributed by atoms with E-state index in [4.69, 9.17) is 0 Å². The Morgan fingerprint density at radius 2 is 2.12 bits per heavy atom. The van der Waals surface area contributed by atoms with Crippen molar-refractivity contribution < 1.29 is 4.79 Å². The van der Waals surface area contributed by atoms with E-state index in [9.17, 15) is 4.79 Å². The maximum atomic E-state index is 11.9. The monoisotopic (exact) mass is 226 g/mol. The van der Waals surface area contributed by atoms with Crippen molar-refractivity contribution in [3.8, 4) is 0 Å². The van der Waals surface area contributed by atoms with Gasteiger partial charge in [-0.2, -0.15) is 0 Å². The smallest absolute Gasteiger partial charge is 0.226 e. The molecule has 2 fully saturated rings. The summed E-state index contributed by atoms with van der Waals surface area (Å²) in [6, 6.07) is 0.950. The van der Waals surface area contributed by atoms with Gasteiger partial charge in [-0.05, 0) is 26.3 Å². The Morgan fingerprint density at radius 1 is 1.38 bits per heavy atom. The number of carbonyl (C=O) groups is 1. The summed E-state index contributed by atoms with van der Waals surface area (Å²) in [7, 11) is 3.96. The Labute approximate surface area is 96.9 Å². The fourth-order valence-electron chi connectivity index (χ4n) is 2.60. The molecule has 1 saturated carbocycles. The van der Waals surface area contributed by atoms with E-state index in [1.807, 2.05) is 19.1 Å². The number of amides is 1. The second-order valence-corrected chi connectivity index (χ2v) is 4.94. The van der Waals surface area contributed by atoms with Crippen LogP contribution in [0.3, 0.4) is 0 Å². The zero-order chi connectivity index (χ0) is 11.5. The molecule has 0 aromatic rings. The van der Waals surface area contributed by atoms with Gasteiger partial charge in [0.05, 0.1) is 5.92 Å². The van der Waals surface area contributed by atoms with Gasteiger partial charge in [0.15, 0.2) is 0 Å². The predicted molar refractivity (Wildman–Crippen MR) is 62.8 cm³/mol. The molecule has 3 unspecified atom stereocenters. The van der Waals surface area contributed by atoms with E-state index in [0.717, 1.165) is 25.9 Å². The highest BCUT2D eigenvalue weighted by Crippen LogP contribution is 2.19. The van der Waals surface area contributed by atoms with Gasteiger partial charge in [-0.15, -0.1) is 0 Å². The Morgan fingerprint density at radius 3 is 2.69 bits per heavy atom. The van der Waals surface area contributed by atoms with E-state index in [2.05, 4.69) is 16.1 Å². The van der Waals surface area contributed by atoms with Crippen LogP contribution in [0.1, 0.15) is 19.3 Å². The molecule has 1 aliphatic carbocycles. The van der Waals surface area contributed by atoms with Gasteiger partial charge in [-0.1, -0.05) is 0 Å². The fourth-order valence-corrected chi connectivity index (χ4v) is 2.60. The van der Waals surface area contributed by atoms with E-state index >= 15 is 0 Å². The van der Waals surface area contributed by atoms with Crippen LogP contribution in [0.2, 0.25) is 0 Å². The van der Waals surface area contributed by atoms with Crippen LogP contribution in [0.15, 0.2) is 0 Å². The van der Waals surface area contributed by atoms with E-state index in [0.29, 0.717) is 12.1 Å². The molecular formula is C11H22N4O. The topological polar surface area (TPSA) is 56.4 Å². The van der Waals surface area contributed by atoms with Crippen molar-refractivity contribution in [2.24, 2.45) is 5.92 Å². The molecular weight excluding hydrogens is 204 g/mol. The van der Waals surface area contributed by atoms with E-state index in [-0.39, 0.29) is 11.8 Å². The van der Waals surface area contributed by atoms with E-state index in [1.165, 1.54) is 6.42 Å². The van der Waals surface area contributed by atoms with Crippen molar-refractivity contribution in [3.63, 3.8) is 0 Å². The number of nitrogens with zero attached hydrogens (tertiary/aromatic N) is 1. The standard InChI is InChI=1S/C11H22N4O/c1-12-9-3-4-10(5-9)14-11(16)8-6-13-15(2)7-8/h8-10,12-13H,3-7H2,1-2H3,(H,14,16). The van der Waals surface area contributed by atoms with Gasteiger partial charge >= 0.3 is 0 Å². The molecule has 2 aliphatic rings. The van der Waals surface area contributed by atoms with Crippen LogP contribution in [0.5, 0.6) is 0 Å². The van der Waals surface area contributed by atoms with Crippen LogP contribution in [0.4, 0.5) is 0 Å². The lowest BCUT2D eigenvalue weighted by Crippen LogP contribution is -2.40. The summed E-state index contributed by atoms with van der Waals surface area (Å²) >= 11 is 0. The van der Waals surface area contributed by atoms with Gasteiger partial charge in [0.25, 0.3) is 0 Å². The van der Waals surface area contributed by atoms with Crippen molar-refractivity contribution in [3.05, 3.63) is 0 Å². The summed E-state index contributed by atoms with van der Waals surface area (Å²) in [5, 5.41) is 8.41. The van der Waals surface area contributed by atoms with Crippen molar-refractivity contribution >= 4 is 5.91 Å². The number of hydrogen-bond donors (Lipinski definition) is 3. The summed E-state index contributed by atoms with van der Waals surface area (Å²) in [5.74, 6) is 0.317. The number of carbonyl (C=O) groups excluding carboxylic acids is 1. The Kier molecular flexibility index (Phi) is 3.78. The van der Waals surface area contributed by atoms with Crippen molar-refractivity contribution in [2.75, 3.05) is 27.2 Å². The van der Waals surface area contributed by atoms with Gasteiger partial charge in [-0.3, -0.25) is 10.2 Å². The Hall–Kier alpha value is -0.650. The van der Waals surface area contributed by atoms with Crippen LogP contribution in [0, 0.1) is 5.92 Å². The first-order valence-electron chi connectivity index (χ1n) is 6.11. The zero-order valence-electron chi connectivity index (χ0n) is 10.1. The molecule has 1 amide bonds. The van der Waals surface area contributed by atoms with E-state index < -0.39 is 0 Å². The van der Waals surface area contributed by atoms with Gasteiger partial charge in [0, 0.05) is 32.2 Å². The van der Waals surface area contributed by atoms with Crippen LogP contribution < -0.4 is 16.1 Å². The first-order chi connectivity index (χ1) is 7.69. The molecule has 1 saturated heterocycles. The second-order valence-electron chi connectivity index (χ2n) is 4.94. The summed E-state index contributed by atoms with van der Waals surface area (Å²) in [6.07, 6.45) is 3.34. The summed E-state index contributed by atoms with van der Waals surface area (Å²) in [4.78, 5) is 11.9. The Balaban J connectivity index is 1.75. The SMILES string of the molecule is CNC1CCC(NC(=O)C2CNN(C)C2)C1. The van der Waals surface area contributed by atoms with Gasteiger partial charge in [0.2, 0.25) is 5.91 Å². The van der Waals surface area contributed by atoms with Crippen molar-refractivity contribution in [1.29, 1.82) is 0 Å². The maximum absolute atomic E-state index is 11.9. The van der Waals surface area contributed by atoms with Crippen LogP contribution in [-0.2, 0) is 4.79 Å². The zero-order valence-corrected chi connectivity index (χ0v) is 10.1. The molecule has 1 heterocycles. The third kappa shape index (κ3) is 2.72. The number of nitrogens with one attached hydrogen (secondary N) is 3. The van der Waals surface area contributed by atoms with Crippen LogP contribution in [0.25, 0.3) is 0 Å². The van der Waals surface area contributed by atoms with Crippen LogP contribution >= 0.6 is 0 Å². The highest BCUT2D eigenvalue weighted by Gasteiger charge is 2.30. The van der Waals surface area contributed by atoms with Crippen molar-refractivity contribution in [2.45, 2.75) is 31.3 Å². The molecule has 3 atom stereocenters. The third-order valence-electron chi connectivity index (χ3n) is 3.66. The number of hydrogen-bond acceptors (Lipinski definition) is 4. The predicted octanol–water partition coefficient (Wildman–Crippen LogP) is -0.691. The summed E-state index contributed by atoms with van der Waals surface area (Å²) < 4.78 is 0. The lowest BCUT2D eigenvalue weighted by molar-refractivity contribution is -0.124. The molecule has 0 radical (unpaired) electrons. The molecule has 92 valence electrons. The minimum atomic E-state index is 0.110. The quantitative estimate of drug-likeness (QED) is 0.596. The third-order valence-corrected chi connectivity index (χ3v) is 3.66. The minimum absolute atomic E-state index is 0.110. The highest BCUT2D eigenvalue weighted by molar-refractivity contribution is 5.79. The lowest BCUT2D eigenvalue weighted by Gasteiger charge is -2.16. The molecule has 16 heavy (non-hydrogen) atoms. The molecule has 0 bridgehead atoms. The van der Waals surface area contributed by atoms with Crippen LogP contribution in [-0.4, -0.2) is 50.2 Å². The second kappa shape index (κ2) is 5.12. The molecule has 5 heteroatoms. The normalized spacial score (nSPS) is 35.5. The Bertz CT molecular complexity index is 258. The average molecular weight is 226 g/mol. The largest absolute Gasteiger partial charge is 0.353 e. The first kappa shape index (κ1) is 11.8. The first-order valence-corrected chi connectivity index (χ1v) is 6.11. The highest BCUT2D eigenvalue weighted by atomic mass is 16.2. The number of hydrazine groups is 1. The minimum Gasteiger partial charge on any atom is -0.353 e. The molecule has 1 aliphatic heterocycles. The van der Waals surface area contributed by atoms with Gasteiger partial charge in [0.1, 0.15) is 0 Å². The maximum Gasteiger partial charge on any atom is 0.226 e. The van der Waals surface area contributed by atoms with E-state index in [1.54, 1.807) is 0 Å². The van der Waals surface area contributed by atoms with Gasteiger partial charge < -0.3 is 10.6 Å². The average Bonchev–Trinajstić information content (AvgIpc) is 2.87.